The maximum Gasteiger partial charge on any atom is 0.320 e. The van der Waals surface area contributed by atoms with E-state index < -0.39 is 0 Å². The average Bonchev–Trinajstić information content (AvgIpc) is 2.53. The molecule has 0 amide bonds. The summed E-state index contributed by atoms with van der Waals surface area (Å²) in [5, 5.41) is 0. The van der Waals surface area contributed by atoms with E-state index >= 15 is 0 Å². The average molecular weight is 267 g/mol. The maximum atomic E-state index is 5.75. The summed E-state index contributed by atoms with van der Waals surface area (Å²) in [6.45, 7) is 0.423. The molecular weight excluding hydrogens is 254 g/mol. The van der Waals surface area contributed by atoms with E-state index in [2.05, 4.69) is 15.0 Å². The fraction of sp³-hybridized carbons (Fsp3) is 0.133. The number of nitrogens with zero attached hydrogens (tertiary/aromatic N) is 3. The van der Waals surface area contributed by atoms with Gasteiger partial charge in [-0.25, -0.2) is 4.98 Å². The minimum atomic E-state index is 0.272. The van der Waals surface area contributed by atoms with E-state index in [1.807, 2.05) is 42.5 Å². The van der Waals surface area contributed by atoms with Crippen molar-refractivity contribution in [3.8, 4) is 11.9 Å². The Bertz CT molecular complexity index is 717. The van der Waals surface area contributed by atoms with E-state index in [1.165, 1.54) is 7.11 Å². The van der Waals surface area contributed by atoms with Crippen molar-refractivity contribution in [2.45, 2.75) is 6.61 Å². The van der Waals surface area contributed by atoms with Crippen LogP contribution in [0.1, 0.15) is 5.56 Å². The molecule has 0 saturated heterocycles. The SMILES string of the molecule is COc1nc(OCc2ccccc2)c2ncccc2n1. The first-order chi connectivity index (χ1) is 9.86. The number of pyridine rings is 1. The fourth-order valence-corrected chi connectivity index (χ4v) is 1.84. The highest BCUT2D eigenvalue weighted by Crippen LogP contribution is 2.23. The van der Waals surface area contributed by atoms with Gasteiger partial charge >= 0.3 is 6.01 Å². The highest BCUT2D eigenvalue weighted by molar-refractivity contribution is 5.79. The van der Waals surface area contributed by atoms with E-state index in [-0.39, 0.29) is 6.01 Å². The molecule has 0 aliphatic heterocycles. The second-order valence-corrected chi connectivity index (χ2v) is 4.16. The molecule has 0 aliphatic rings. The van der Waals surface area contributed by atoms with Gasteiger partial charge in [-0.2, -0.15) is 9.97 Å². The largest absolute Gasteiger partial charge is 0.471 e. The van der Waals surface area contributed by atoms with Crippen LogP contribution in [0.3, 0.4) is 0 Å². The molecular formula is C15H13N3O2. The molecule has 1 aromatic carbocycles. The summed E-state index contributed by atoms with van der Waals surface area (Å²) in [6.07, 6.45) is 1.69. The summed E-state index contributed by atoms with van der Waals surface area (Å²) >= 11 is 0. The van der Waals surface area contributed by atoms with Crippen LogP contribution in [0.2, 0.25) is 0 Å². The van der Waals surface area contributed by atoms with Crippen LogP contribution in [0.5, 0.6) is 11.9 Å². The van der Waals surface area contributed by atoms with Gasteiger partial charge < -0.3 is 9.47 Å². The third-order valence-corrected chi connectivity index (χ3v) is 2.80. The van der Waals surface area contributed by atoms with Gasteiger partial charge in [-0.05, 0) is 17.7 Å². The quantitative estimate of drug-likeness (QED) is 0.727. The van der Waals surface area contributed by atoms with Crippen molar-refractivity contribution in [1.29, 1.82) is 0 Å². The summed E-state index contributed by atoms with van der Waals surface area (Å²) < 4.78 is 10.8. The summed E-state index contributed by atoms with van der Waals surface area (Å²) in [7, 11) is 1.53. The number of fused-ring (bicyclic) bond motifs is 1. The van der Waals surface area contributed by atoms with E-state index in [9.17, 15) is 0 Å². The summed E-state index contributed by atoms with van der Waals surface area (Å²) in [6, 6.07) is 13.8. The molecule has 0 N–H and O–H groups in total. The van der Waals surface area contributed by atoms with Crippen molar-refractivity contribution in [3.63, 3.8) is 0 Å². The first-order valence-corrected chi connectivity index (χ1v) is 6.20. The zero-order valence-electron chi connectivity index (χ0n) is 11.0. The Labute approximate surface area is 116 Å². The predicted molar refractivity (Wildman–Crippen MR) is 74.7 cm³/mol. The Hall–Kier alpha value is -2.69. The third kappa shape index (κ3) is 2.51. The topological polar surface area (TPSA) is 57.1 Å². The molecule has 100 valence electrons. The molecule has 0 saturated carbocycles. The number of ether oxygens (including phenoxy) is 2. The van der Waals surface area contributed by atoms with Gasteiger partial charge in [-0.3, -0.25) is 0 Å². The zero-order chi connectivity index (χ0) is 13.8. The number of aromatic nitrogens is 3. The molecule has 0 spiro atoms. The molecule has 0 radical (unpaired) electrons. The van der Waals surface area contributed by atoms with Crippen molar-refractivity contribution in [3.05, 3.63) is 54.2 Å². The van der Waals surface area contributed by atoms with E-state index in [1.54, 1.807) is 6.20 Å². The Morgan fingerprint density at radius 3 is 2.65 bits per heavy atom. The van der Waals surface area contributed by atoms with Gasteiger partial charge in [-0.15, -0.1) is 0 Å². The minimum absolute atomic E-state index is 0.272. The Morgan fingerprint density at radius 1 is 1.00 bits per heavy atom. The second-order valence-electron chi connectivity index (χ2n) is 4.16. The van der Waals surface area contributed by atoms with Crippen molar-refractivity contribution in [2.75, 3.05) is 7.11 Å². The molecule has 0 unspecified atom stereocenters. The lowest BCUT2D eigenvalue weighted by molar-refractivity contribution is 0.288. The molecule has 5 heteroatoms. The molecule has 0 atom stereocenters. The normalized spacial score (nSPS) is 10.4. The highest BCUT2D eigenvalue weighted by atomic mass is 16.5. The molecule has 0 fully saturated rings. The maximum absolute atomic E-state index is 5.75. The van der Waals surface area contributed by atoms with Gasteiger partial charge in [0, 0.05) is 6.20 Å². The van der Waals surface area contributed by atoms with Crippen LogP contribution in [0, 0.1) is 0 Å². The van der Waals surface area contributed by atoms with Crippen LogP contribution in [0.4, 0.5) is 0 Å². The lowest BCUT2D eigenvalue weighted by Crippen LogP contribution is -2.02. The van der Waals surface area contributed by atoms with Gasteiger partial charge in [-0.1, -0.05) is 30.3 Å². The summed E-state index contributed by atoms with van der Waals surface area (Å²) in [4.78, 5) is 12.7. The molecule has 20 heavy (non-hydrogen) atoms. The number of benzene rings is 1. The van der Waals surface area contributed by atoms with Crippen LogP contribution in [-0.2, 0) is 6.61 Å². The van der Waals surface area contributed by atoms with Gasteiger partial charge in [0.2, 0.25) is 5.88 Å². The van der Waals surface area contributed by atoms with Gasteiger partial charge in [0.05, 0.1) is 12.6 Å². The van der Waals surface area contributed by atoms with Crippen molar-refractivity contribution in [2.24, 2.45) is 0 Å². The Morgan fingerprint density at radius 2 is 1.85 bits per heavy atom. The molecule has 2 aromatic heterocycles. The fourth-order valence-electron chi connectivity index (χ4n) is 1.84. The van der Waals surface area contributed by atoms with Crippen molar-refractivity contribution < 1.29 is 9.47 Å². The van der Waals surface area contributed by atoms with Gasteiger partial charge in [0.25, 0.3) is 0 Å². The first kappa shape index (κ1) is 12.3. The summed E-state index contributed by atoms with van der Waals surface area (Å²) in [5.74, 6) is 0.427. The standard InChI is InChI=1S/C15H13N3O2/c1-19-15-17-12-8-5-9-16-13(12)14(18-15)20-10-11-6-3-2-4-7-11/h2-9H,10H2,1H3. The van der Waals surface area contributed by atoms with Crippen molar-refractivity contribution >= 4 is 11.0 Å². The van der Waals surface area contributed by atoms with Gasteiger partial charge in [0.15, 0.2) is 5.52 Å². The summed E-state index contributed by atoms with van der Waals surface area (Å²) in [5.41, 5.74) is 2.39. The lowest BCUT2D eigenvalue weighted by Gasteiger charge is -2.08. The predicted octanol–water partition coefficient (Wildman–Crippen LogP) is 2.61. The van der Waals surface area contributed by atoms with E-state index in [0.717, 1.165) is 5.56 Å². The Balaban J connectivity index is 1.93. The highest BCUT2D eigenvalue weighted by Gasteiger charge is 2.10. The molecule has 0 bridgehead atoms. The number of methoxy groups -OCH3 is 1. The van der Waals surface area contributed by atoms with Crippen LogP contribution in [-0.4, -0.2) is 22.1 Å². The first-order valence-electron chi connectivity index (χ1n) is 6.20. The number of hydrogen-bond donors (Lipinski definition) is 0. The molecule has 3 aromatic rings. The zero-order valence-corrected chi connectivity index (χ0v) is 11.0. The minimum Gasteiger partial charge on any atom is -0.471 e. The third-order valence-electron chi connectivity index (χ3n) is 2.80. The van der Waals surface area contributed by atoms with E-state index in [0.29, 0.717) is 23.5 Å². The van der Waals surface area contributed by atoms with E-state index in [4.69, 9.17) is 9.47 Å². The number of hydrogen-bond acceptors (Lipinski definition) is 5. The monoisotopic (exact) mass is 267 g/mol. The van der Waals surface area contributed by atoms with Gasteiger partial charge in [0.1, 0.15) is 6.61 Å². The van der Waals surface area contributed by atoms with Crippen LogP contribution < -0.4 is 9.47 Å². The van der Waals surface area contributed by atoms with Crippen LogP contribution in [0.25, 0.3) is 11.0 Å². The number of rotatable bonds is 4. The Kier molecular flexibility index (Phi) is 3.41. The van der Waals surface area contributed by atoms with Crippen LogP contribution in [0.15, 0.2) is 48.7 Å². The van der Waals surface area contributed by atoms with Crippen LogP contribution >= 0.6 is 0 Å². The lowest BCUT2D eigenvalue weighted by atomic mass is 10.2. The molecule has 0 aliphatic carbocycles. The second kappa shape index (κ2) is 5.52. The molecule has 5 nitrogen and oxygen atoms in total. The smallest absolute Gasteiger partial charge is 0.320 e. The molecule has 2 heterocycles. The molecule has 3 rings (SSSR count). The van der Waals surface area contributed by atoms with Crippen molar-refractivity contribution in [1.82, 2.24) is 15.0 Å².